The number of carboxylic acids is 1. The molecule has 0 saturated heterocycles. The predicted octanol–water partition coefficient (Wildman–Crippen LogP) is 2.34. The summed E-state index contributed by atoms with van der Waals surface area (Å²) in [6.07, 6.45) is 0. The van der Waals surface area contributed by atoms with Crippen LogP contribution in [-0.4, -0.2) is 16.2 Å². The molecule has 0 radical (unpaired) electrons. The largest absolute Gasteiger partial charge is 0.508 e. The lowest BCUT2D eigenvalue weighted by atomic mass is 10.0. The van der Waals surface area contributed by atoms with Gasteiger partial charge in [-0.15, -0.1) is 0 Å². The van der Waals surface area contributed by atoms with Crippen LogP contribution in [0, 0.1) is 0 Å². The first-order chi connectivity index (χ1) is 6.02. The van der Waals surface area contributed by atoms with Gasteiger partial charge < -0.3 is 10.2 Å². The SMILES string of the molecule is CC(C(=O)O)c1cc(Br)ccc1O. The second kappa shape index (κ2) is 3.79. The van der Waals surface area contributed by atoms with E-state index in [2.05, 4.69) is 15.9 Å². The van der Waals surface area contributed by atoms with Crippen molar-refractivity contribution in [2.45, 2.75) is 12.8 Å². The van der Waals surface area contributed by atoms with Crippen LogP contribution in [-0.2, 0) is 4.79 Å². The summed E-state index contributed by atoms with van der Waals surface area (Å²) in [5.41, 5.74) is 0.418. The van der Waals surface area contributed by atoms with E-state index in [9.17, 15) is 9.90 Å². The Morgan fingerprint density at radius 2 is 2.15 bits per heavy atom. The minimum absolute atomic E-state index is 0.0121. The molecule has 0 aliphatic rings. The number of phenols is 1. The van der Waals surface area contributed by atoms with E-state index in [1.165, 1.54) is 13.0 Å². The summed E-state index contributed by atoms with van der Waals surface area (Å²) in [5.74, 6) is -1.64. The molecule has 0 fully saturated rings. The van der Waals surface area contributed by atoms with E-state index in [1.807, 2.05) is 0 Å². The van der Waals surface area contributed by atoms with Gasteiger partial charge in [0.25, 0.3) is 0 Å². The maximum Gasteiger partial charge on any atom is 0.310 e. The van der Waals surface area contributed by atoms with Crippen LogP contribution in [0.5, 0.6) is 5.75 Å². The fourth-order valence-electron chi connectivity index (χ4n) is 1.01. The Kier molecular flexibility index (Phi) is 2.93. The number of benzene rings is 1. The molecule has 3 nitrogen and oxygen atoms in total. The summed E-state index contributed by atoms with van der Waals surface area (Å²) < 4.78 is 0.758. The van der Waals surface area contributed by atoms with Crippen molar-refractivity contribution in [3.05, 3.63) is 28.2 Å². The quantitative estimate of drug-likeness (QED) is 0.840. The molecular formula is C9H9BrO3. The van der Waals surface area contributed by atoms with Gasteiger partial charge in [-0.2, -0.15) is 0 Å². The van der Waals surface area contributed by atoms with Crippen molar-refractivity contribution in [1.29, 1.82) is 0 Å². The number of hydrogen-bond donors (Lipinski definition) is 2. The highest BCUT2D eigenvalue weighted by atomic mass is 79.9. The lowest BCUT2D eigenvalue weighted by molar-refractivity contribution is -0.138. The van der Waals surface area contributed by atoms with Crippen LogP contribution in [0.3, 0.4) is 0 Å². The maximum absolute atomic E-state index is 10.6. The van der Waals surface area contributed by atoms with Gasteiger partial charge in [0, 0.05) is 10.0 Å². The summed E-state index contributed by atoms with van der Waals surface area (Å²) >= 11 is 3.21. The fraction of sp³-hybridized carbons (Fsp3) is 0.222. The van der Waals surface area contributed by atoms with Crippen molar-refractivity contribution in [3.8, 4) is 5.75 Å². The molecule has 0 aliphatic heterocycles. The molecule has 4 heteroatoms. The van der Waals surface area contributed by atoms with Crippen molar-refractivity contribution in [2.75, 3.05) is 0 Å². The summed E-state index contributed by atoms with van der Waals surface area (Å²) in [6, 6.07) is 4.74. The number of rotatable bonds is 2. The highest BCUT2D eigenvalue weighted by Gasteiger charge is 2.17. The van der Waals surface area contributed by atoms with Gasteiger partial charge in [-0.1, -0.05) is 15.9 Å². The van der Waals surface area contributed by atoms with Gasteiger partial charge in [0.15, 0.2) is 0 Å². The first kappa shape index (κ1) is 10.1. The van der Waals surface area contributed by atoms with Crippen LogP contribution in [0.4, 0.5) is 0 Å². The van der Waals surface area contributed by atoms with Crippen LogP contribution in [0.1, 0.15) is 18.4 Å². The van der Waals surface area contributed by atoms with E-state index in [1.54, 1.807) is 12.1 Å². The van der Waals surface area contributed by atoms with Crippen LogP contribution in [0.2, 0.25) is 0 Å². The second-order valence-corrected chi connectivity index (χ2v) is 3.68. The molecule has 2 N–H and O–H groups in total. The van der Waals surface area contributed by atoms with Crippen LogP contribution in [0.25, 0.3) is 0 Å². The van der Waals surface area contributed by atoms with Gasteiger partial charge in [-0.3, -0.25) is 4.79 Å². The summed E-state index contributed by atoms with van der Waals surface area (Å²) in [5, 5.41) is 18.1. The van der Waals surface area contributed by atoms with Gasteiger partial charge in [0.05, 0.1) is 5.92 Å². The molecule has 0 aliphatic carbocycles. The normalized spacial score (nSPS) is 12.5. The standard InChI is InChI=1S/C9H9BrO3/c1-5(9(12)13)7-4-6(10)2-3-8(7)11/h2-5,11H,1H3,(H,12,13). The van der Waals surface area contributed by atoms with Gasteiger partial charge in [0.1, 0.15) is 5.75 Å². The molecule has 0 heterocycles. The van der Waals surface area contributed by atoms with E-state index in [0.29, 0.717) is 5.56 Å². The van der Waals surface area contributed by atoms with Gasteiger partial charge in [-0.25, -0.2) is 0 Å². The van der Waals surface area contributed by atoms with E-state index in [0.717, 1.165) is 4.47 Å². The molecule has 70 valence electrons. The molecule has 0 bridgehead atoms. The number of halogens is 1. The topological polar surface area (TPSA) is 57.5 Å². The molecule has 1 aromatic carbocycles. The van der Waals surface area contributed by atoms with E-state index in [-0.39, 0.29) is 5.75 Å². The molecule has 1 unspecified atom stereocenters. The van der Waals surface area contributed by atoms with Crippen LogP contribution < -0.4 is 0 Å². The van der Waals surface area contributed by atoms with Gasteiger partial charge >= 0.3 is 5.97 Å². The first-order valence-corrected chi connectivity index (χ1v) is 4.53. The number of carboxylic acid groups (broad SMARTS) is 1. The minimum atomic E-state index is -0.951. The molecule has 1 atom stereocenters. The highest BCUT2D eigenvalue weighted by molar-refractivity contribution is 9.10. The lowest BCUT2D eigenvalue weighted by Gasteiger charge is -2.08. The Morgan fingerprint density at radius 1 is 1.54 bits per heavy atom. The van der Waals surface area contributed by atoms with Gasteiger partial charge in [0.2, 0.25) is 0 Å². The Bertz CT molecular complexity index is 336. The number of hydrogen-bond acceptors (Lipinski definition) is 2. The van der Waals surface area contributed by atoms with E-state index < -0.39 is 11.9 Å². The Balaban J connectivity index is 3.12. The zero-order valence-electron chi connectivity index (χ0n) is 6.99. The molecule has 0 spiro atoms. The molecule has 1 aromatic rings. The molecule has 13 heavy (non-hydrogen) atoms. The van der Waals surface area contributed by atoms with Crippen molar-refractivity contribution >= 4 is 21.9 Å². The molecular weight excluding hydrogens is 236 g/mol. The number of aromatic hydroxyl groups is 1. The summed E-state index contributed by atoms with van der Waals surface area (Å²) in [4.78, 5) is 10.6. The van der Waals surface area contributed by atoms with E-state index >= 15 is 0 Å². The third-order valence-corrected chi connectivity index (χ3v) is 2.32. The average molecular weight is 245 g/mol. The Hall–Kier alpha value is -1.03. The highest BCUT2D eigenvalue weighted by Crippen LogP contribution is 2.28. The summed E-state index contributed by atoms with van der Waals surface area (Å²) in [6.45, 7) is 1.53. The van der Waals surface area contributed by atoms with Gasteiger partial charge in [-0.05, 0) is 25.1 Å². The minimum Gasteiger partial charge on any atom is -0.508 e. The zero-order valence-corrected chi connectivity index (χ0v) is 8.58. The lowest BCUT2D eigenvalue weighted by Crippen LogP contribution is -2.07. The monoisotopic (exact) mass is 244 g/mol. The molecule has 0 amide bonds. The van der Waals surface area contributed by atoms with Crippen LogP contribution >= 0.6 is 15.9 Å². The predicted molar refractivity (Wildman–Crippen MR) is 51.9 cm³/mol. The fourth-order valence-corrected chi connectivity index (χ4v) is 1.38. The molecule has 0 aromatic heterocycles. The van der Waals surface area contributed by atoms with Crippen molar-refractivity contribution in [3.63, 3.8) is 0 Å². The van der Waals surface area contributed by atoms with Crippen LogP contribution in [0.15, 0.2) is 22.7 Å². The Labute approximate surface area is 84.1 Å². The van der Waals surface area contributed by atoms with Crippen molar-refractivity contribution < 1.29 is 15.0 Å². The number of phenolic OH excluding ortho intramolecular Hbond substituents is 1. The maximum atomic E-state index is 10.6. The molecule has 0 saturated carbocycles. The first-order valence-electron chi connectivity index (χ1n) is 3.73. The number of aliphatic carboxylic acids is 1. The average Bonchev–Trinajstić information content (AvgIpc) is 2.08. The smallest absolute Gasteiger partial charge is 0.310 e. The van der Waals surface area contributed by atoms with Crippen molar-refractivity contribution in [1.82, 2.24) is 0 Å². The number of carbonyl (C=O) groups is 1. The van der Waals surface area contributed by atoms with E-state index in [4.69, 9.17) is 5.11 Å². The second-order valence-electron chi connectivity index (χ2n) is 2.76. The third kappa shape index (κ3) is 2.21. The third-order valence-electron chi connectivity index (χ3n) is 1.83. The van der Waals surface area contributed by atoms with Crippen molar-refractivity contribution in [2.24, 2.45) is 0 Å². The zero-order chi connectivity index (χ0) is 10.0. The summed E-state index contributed by atoms with van der Waals surface area (Å²) in [7, 11) is 0. The Morgan fingerprint density at radius 3 is 2.69 bits per heavy atom. The molecule has 1 rings (SSSR count).